The highest BCUT2D eigenvalue weighted by Gasteiger charge is 2.18. The maximum atomic E-state index is 11.8. The molecule has 0 fully saturated rings. The predicted molar refractivity (Wildman–Crippen MR) is 71.8 cm³/mol. The van der Waals surface area contributed by atoms with Crippen LogP contribution in [0.5, 0.6) is 0 Å². The highest BCUT2D eigenvalue weighted by molar-refractivity contribution is 7.10. The standard InChI is InChI=1S/C13H15NO4S/c1-3-18-13(17)9(2)14-12(16)10-7-11(19-8-10)5-4-6-15/h7-9,15H,3,6H2,1-2H3,(H,14,16). The zero-order chi connectivity index (χ0) is 14.3. The SMILES string of the molecule is CCOC(=O)C(C)NC(=O)c1csc(C#CCO)c1. The maximum Gasteiger partial charge on any atom is 0.328 e. The number of carbonyl (C=O) groups is 2. The number of thiophene rings is 1. The van der Waals surface area contributed by atoms with Gasteiger partial charge in [-0.3, -0.25) is 4.79 Å². The van der Waals surface area contributed by atoms with Crippen LogP contribution in [-0.2, 0) is 9.53 Å². The zero-order valence-electron chi connectivity index (χ0n) is 10.7. The zero-order valence-corrected chi connectivity index (χ0v) is 11.5. The second kappa shape index (κ2) is 7.56. The third-order valence-corrected chi connectivity index (χ3v) is 2.99. The number of amides is 1. The van der Waals surface area contributed by atoms with E-state index in [4.69, 9.17) is 9.84 Å². The number of carbonyl (C=O) groups excluding carboxylic acids is 2. The Balaban J connectivity index is 2.63. The summed E-state index contributed by atoms with van der Waals surface area (Å²) in [5, 5.41) is 12.8. The van der Waals surface area contributed by atoms with E-state index in [9.17, 15) is 9.59 Å². The molecular formula is C13H15NO4S. The van der Waals surface area contributed by atoms with E-state index in [1.165, 1.54) is 11.3 Å². The van der Waals surface area contributed by atoms with Crippen molar-refractivity contribution in [1.82, 2.24) is 5.32 Å². The summed E-state index contributed by atoms with van der Waals surface area (Å²) >= 11 is 1.30. The van der Waals surface area contributed by atoms with E-state index in [0.717, 1.165) is 0 Å². The van der Waals surface area contributed by atoms with Crippen LogP contribution in [0.4, 0.5) is 0 Å². The maximum absolute atomic E-state index is 11.8. The van der Waals surface area contributed by atoms with Crippen molar-refractivity contribution in [3.63, 3.8) is 0 Å². The average Bonchev–Trinajstić information content (AvgIpc) is 2.85. The van der Waals surface area contributed by atoms with Crippen LogP contribution >= 0.6 is 11.3 Å². The molecule has 1 heterocycles. The minimum absolute atomic E-state index is 0.223. The highest BCUT2D eigenvalue weighted by atomic mass is 32.1. The Morgan fingerprint density at radius 2 is 2.32 bits per heavy atom. The second-order valence-electron chi connectivity index (χ2n) is 3.61. The number of esters is 1. The first-order valence-corrected chi connectivity index (χ1v) is 6.62. The topological polar surface area (TPSA) is 75.6 Å². The normalized spacial score (nSPS) is 11.1. The summed E-state index contributed by atoms with van der Waals surface area (Å²) in [4.78, 5) is 23.9. The van der Waals surface area contributed by atoms with Crippen molar-refractivity contribution in [1.29, 1.82) is 0 Å². The molecule has 1 unspecified atom stereocenters. The van der Waals surface area contributed by atoms with Crippen molar-refractivity contribution < 1.29 is 19.4 Å². The van der Waals surface area contributed by atoms with E-state index in [1.54, 1.807) is 25.3 Å². The monoisotopic (exact) mass is 281 g/mol. The summed E-state index contributed by atoms with van der Waals surface area (Å²) in [5.41, 5.74) is 0.434. The van der Waals surface area contributed by atoms with Crippen LogP contribution < -0.4 is 5.32 Å². The molecule has 0 aliphatic heterocycles. The first-order valence-electron chi connectivity index (χ1n) is 5.74. The lowest BCUT2D eigenvalue weighted by molar-refractivity contribution is -0.144. The van der Waals surface area contributed by atoms with Gasteiger partial charge in [0, 0.05) is 5.38 Å². The van der Waals surface area contributed by atoms with Crippen molar-refractivity contribution in [3.8, 4) is 11.8 Å². The lowest BCUT2D eigenvalue weighted by atomic mass is 10.2. The van der Waals surface area contributed by atoms with E-state index in [-0.39, 0.29) is 19.1 Å². The minimum Gasteiger partial charge on any atom is -0.464 e. The van der Waals surface area contributed by atoms with Crippen molar-refractivity contribution >= 4 is 23.2 Å². The molecule has 0 aromatic carbocycles. The van der Waals surface area contributed by atoms with Crippen LogP contribution in [0.3, 0.4) is 0 Å². The van der Waals surface area contributed by atoms with Crippen molar-refractivity contribution in [2.24, 2.45) is 0 Å². The predicted octanol–water partition coefficient (Wildman–Crippen LogP) is 0.773. The molecule has 102 valence electrons. The van der Waals surface area contributed by atoms with Crippen LogP contribution in [0.25, 0.3) is 0 Å². The largest absolute Gasteiger partial charge is 0.464 e. The summed E-state index contributed by atoms with van der Waals surface area (Å²) in [7, 11) is 0. The van der Waals surface area contributed by atoms with Crippen molar-refractivity contribution in [3.05, 3.63) is 21.9 Å². The minimum atomic E-state index is -0.695. The molecule has 0 saturated carbocycles. The Morgan fingerprint density at radius 1 is 1.58 bits per heavy atom. The number of hydrogen-bond donors (Lipinski definition) is 2. The molecule has 1 amide bonds. The fraction of sp³-hybridized carbons (Fsp3) is 0.385. The van der Waals surface area contributed by atoms with Gasteiger partial charge in [-0.15, -0.1) is 11.3 Å². The first-order chi connectivity index (χ1) is 9.08. The fourth-order valence-corrected chi connectivity index (χ4v) is 2.01. The van der Waals surface area contributed by atoms with Gasteiger partial charge in [0.15, 0.2) is 0 Å². The van der Waals surface area contributed by atoms with Gasteiger partial charge in [0.25, 0.3) is 5.91 Å². The van der Waals surface area contributed by atoms with Gasteiger partial charge >= 0.3 is 5.97 Å². The van der Waals surface area contributed by atoms with Gasteiger partial charge in [-0.05, 0) is 19.9 Å². The van der Waals surface area contributed by atoms with Gasteiger partial charge in [-0.1, -0.05) is 11.8 Å². The molecule has 0 aliphatic rings. The Morgan fingerprint density at radius 3 is 2.95 bits per heavy atom. The summed E-state index contributed by atoms with van der Waals surface area (Å²) in [6, 6.07) is 0.917. The van der Waals surface area contributed by atoms with Crippen LogP contribution in [0.1, 0.15) is 29.1 Å². The second-order valence-corrected chi connectivity index (χ2v) is 4.52. The summed E-state index contributed by atoms with van der Waals surface area (Å²) in [6.07, 6.45) is 0. The van der Waals surface area contributed by atoms with E-state index in [1.807, 2.05) is 0 Å². The smallest absolute Gasteiger partial charge is 0.328 e. The molecule has 1 aromatic heterocycles. The molecular weight excluding hydrogens is 266 g/mol. The molecule has 0 spiro atoms. The van der Waals surface area contributed by atoms with Crippen LogP contribution in [0, 0.1) is 11.8 Å². The van der Waals surface area contributed by atoms with E-state index < -0.39 is 12.0 Å². The van der Waals surface area contributed by atoms with Crippen molar-refractivity contribution in [2.45, 2.75) is 19.9 Å². The number of nitrogens with one attached hydrogen (secondary N) is 1. The van der Waals surface area contributed by atoms with Gasteiger partial charge in [0.2, 0.25) is 0 Å². The molecule has 2 N–H and O–H groups in total. The van der Waals surface area contributed by atoms with Gasteiger partial charge in [-0.25, -0.2) is 4.79 Å². The number of aliphatic hydroxyl groups excluding tert-OH is 1. The van der Waals surface area contributed by atoms with Crippen LogP contribution in [-0.4, -0.2) is 36.2 Å². The Hall–Kier alpha value is -1.84. The first kappa shape index (κ1) is 15.2. The summed E-state index contributed by atoms with van der Waals surface area (Å²) < 4.78 is 4.80. The Kier molecular flexibility index (Phi) is 6.06. The molecule has 0 radical (unpaired) electrons. The average molecular weight is 281 g/mol. The van der Waals surface area contributed by atoms with Gasteiger partial charge in [0.05, 0.1) is 17.0 Å². The number of hydrogen-bond acceptors (Lipinski definition) is 5. The van der Waals surface area contributed by atoms with E-state index in [2.05, 4.69) is 17.2 Å². The molecule has 0 saturated heterocycles. The number of aliphatic hydroxyl groups is 1. The molecule has 19 heavy (non-hydrogen) atoms. The molecule has 5 nitrogen and oxygen atoms in total. The molecule has 1 atom stereocenters. The van der Waals surface area contributed by atoms with Crippen LogP contribution in [0.15, 0.2) is 11.4 Å². The Labute approximate surface area is 115 Å². The lowest BCUT2D eigenvalue weighted by Gasteiger charge is -2.11. The number of ether oxygens (including phenoxy) is 1. The van der Waals surface area contributed by atoms with Gasteiger partial charge in [0.1, 0.15) is 12.6 Å². The summed E-state index contributed by atoms with van der Waals surface area (Å²) in [6.45, 7) is 3.32. The quantitative estimate of drug-likeness (QED) is 0.631. The van der Waals surface area contributed by atoms with Gasteiger partial charge in [-0.2, -0.15) is 0 Å². The molecule has 6 heteroatoms. The third kappa shape index (κ3) is 4.73. The summed E-state index contributed by atoms with van der Waals surface area (Å²) in [5.74, 6) is 4.40. The highest BCUT2D eigenvalue weighted by Crippen LogP contribution is 2.13. The van der Waals surface area contributed by atoms with Gasteiger partial charge < -0.3 is 15.2 Å². The van der Waals surface area contributed by atoms with Crippen molar-refractivity contribution in [2.75, 3.05) is 13.2 Å². The molecule has 0 bridgehead atoms. The molecule has 0 aliphatic carbocycles. The molecule has 1 rings (SSSR count). The fourth-order valence-electron chi connectivity index (χ4n) is 1.25. The van der Waals surface area contributed by atoms with Crippen LogP contribution in [0.2, 0.25) is 0 Å². The van der Waals surface area contributed by atoms with E-state index >= 15 is 0 Å². The Bertz CT molecular complexity index is 512. The molecule has 1 aromatic rings. The van der Waals surface area contributed by atoms with E-state index in [0.29, 0.717) is 10.4 Å². The number of rotatable bonds is 4. The third-order valence-electron chi connectivity index (χ3n) is 2.14. The lowest BCUT2D eigenvalue weighted by Crippen LogP contribution is -2.39.